The first kappa shape index (κ1) is 18.2. The second-order valence-corrected chi connectivity index (χ2v) is 6.83. The standard InChI is InChI=1S/C15H15ClFN7OS/c1-8-5-9(2)24(22-8)14-20-21-15(23(14)18)26-7-13(25)19-12-6-10(16)3-4-11(12)17/h3-6H,7,18H2,1-2H3,(H,19,25). The Balaban J connectivity index is 1.68. The molecule has 3 rings (SSSR count). The number of benzene rings is 1. The highest BCUT2D eigenvalue weighted by molar-refractivity contribution is 7.99. The van der Waals surface area contributed by atoms with Crippen molar-refractivity contribution in [3.05, 3.63) is 46.5 Å². The van der Waals surface area contributed by atoms with E-state index in [1.807, 2.05) is 19.9 Å². The summed E-state index contributed by atoms with van der Waals surface area (Å²) in [5.74, 6) is 5.31. The van der Waals surface area contributed by atoms with Crippen LogP contribution >= 0.6 is 23.4 Å². The summed E-state index contributed by atoms with van der Waals surface area (Å²) in [6.45, 7) is 3.73. The lowest BCUT2D eigenvalue weighted by atomic mass is 10.3. The fourth-order valence-electron chi connectivity index (χ4n) is 2.25. The highest BCUT2D eigenvalue weighted by Gasteiger charge is 2.16. The lowest BCUT2D eigenvalue weighted by Gasteiger charge is -2.07. The van der Waals surface area contributed by atoms with Crippen LogP contribution in [0.2, 0.25) is 5.02 Å². The van der Waals surface area contributed by atoms with Crippen molar-refractivity contribution in [3.63, 3.8) is 0 Å². The van der Waals surface area contributed by atoms with E-state index in [0.717, 1.165) is 23.1 Å². The SMILES string of the molecule is Cc1cc(C)n(-c2nnc(SCC(=O)Nc3cc(Cl)ccc3F)n2N)n1. The number of amides is 1. The summed E-state index contributed by atoms with van der Waals surface area (Å²) in [4.78, 5) is 12.0. The van der Waals surface area contributed by atoms with E-state index in [0.29, 0.717) is 16.1 Å². The van der Waals surface area contributed by atoms with E-state index in [-0.39, 0.29) is 11.4 Å². The van der Waals surface area contributed by atoms with Gasteiger partial charge in [0.05, 0.1) is 17.1 Å². The normalized spacial score (nSPS) is 10.9. The zero-order valence-corrected chi connectivity index (χ0v) is 15.5. The minimum atomic E-state index is -0.568. The number of halogens is 2. The minimum Gasteiger partial charge on any atom is -0.334 e. The summed E-state index contributed by atoms with van der Waals surface area (Å²) in [6, 6.07) is 5.81. The summed E-state index contributed by atoms with van der Waals surface area (Å²) in [6.07, 6.45) is 0. The van der Waals surface area contributed by atoms with Crippen LogP contribution in [0.5, 0.6) is 0 Å². The van der Waals surface area contributed by atoms with Crippen molar-refractivity contribution in [3.8, 4) is 5.95 Å². The Hall–Kier alpha value is -2.59. The smallest absolute Gasteiger partial charge is 0.271 e. The maximum Gasteiger partial charge on any atom is 0.271 e. The van der Waals surface area contributed by atoms with Crippen LogP contribution in [0.25, 0.3) is 5.95 Å². The molecule has 0 aliphatic carbocycles. The molecule has 136 valence electrons. The third-order valence-corrected chi connectivity index (χ3v) is 4.56. The molecule has 0 unspecified atom stereocenters. The van der Waals surface area contributed by atoms with Crippen LogP contribution in [0.4, 0.5) is 10.1 Å². The van der Waals surface area contributed by atoms with Crippen LogP contribution in [0.3, 0.4) is 0 Å². The zero-order chi connectivity index (χ0) is 18.8. The van der Waals surface area contributed by atoms with Crippen LogP contribution in [0.1, 0.15) is 11.4 Å². The minimum absolute atomic E-state index is 0.0145. The number of aryl methyl sites for hydroxylation is 2. The number of hydrogen-bond acceptors (Lipinski definition) is 6. The molecule has 26 heavy (non-hydrogen) atoms. The number of hydrogen-bond donors (Lipinski definition) is 2. The maximum absolute atomic E-state index is 13.7. The molecule has 0 aliphatic rings. The first-order valence-corrected chi connectivity index (χ1v) is 8.83. The molecular formula is C15H15ClFN7OS. The van der Waals surface area contributed by atoms with Gasteiger partial charge in [-0.1, -0.05) is 23.4 Å². The maximum atomic E-state index is 13.7. The van der Waals surface area contributed by atoms with Gasteiger partial charge in [-0.2, -0.15) is 5.10 Å². The van der Waals surface area contributed by atoms with E-state index in [1.165, 1.54) is 22.9 Å². The van der Waals surface area contributed by atoms with E-state index in [2.05, 4.69) is 20.6 Å². The molecule has 1 aromatic carbocycles. The summed E-state index contributed by atoms with van der Waals surface area (Å²) in [7, 11) is 0. The van der Waals surface area contributed by atoms with Crippen molar-refractivity contribution in [2.75, 3.05) is 16.9 Å². The Morgan fingerprint density at radius 1 is 1.35 bits per heavy atom. The van der Waals surface area contributed by atoms with Crippen molar-refractivity contribution >= 4 is 35.0 Å². The largest absolute Gasteiger partial charge is 0.334 e. The number of anilines is 1. The van der Waals surface area contributed by atoms with Crippen molar-refractivity contribution in [1.29, 1.82) is 0 Å². The Morgan fingerprint density at radius 3 is 2.81 bits per heavy atom. The topological polar surface area (TPSA) is 104 Å². The van der Waals surface area contributed by atoms with E-state index >= 15 is 0 Å². The average molecular weight is 396 g/mol. The average Bonchev–Trinajstić information content (AvgIpc) is 3.10. The van der Waals surface area contributed by atoms with Crippen LogP contribution in [-0.4, -0.2) is 36.3 Å². The van der Waals surface area contributed by atoms with Gasteiger partial charge in [-0.25, -0.2) is 13.7 Å². The Morgan fingerprint density at radius 2 is 2.12 bits per heavy atom. The number of nitrogens with one attached hydrogen (secondary N) is 1. The number of rotatable bonds is 5. The van der Waals surface area contributed by atoms with E-state index in [1.54, 1.807) is 4.68 Å². The molecular weight excluding hydrogens is 381 g/mol. The summed E-state index contributed by atoms with van der Waals surface area (Å²) in [5.41, 5.74) is 1.69. The molecule has 0 atom stereocenters. The predicted octanol–water partition coefficient (Wildman–Crippen LogP) is 2.32. The first-order chi connectivity index (χ1) is 12.3. The molecule has 0 bridgehead atoms. The number of nitrogens with two attached hydrogens (primary N) is 1. The molecule has 0 radical (unpaired) electrons. The molecule has 3 N–H and O–H groups in total. The lowest BCUT2D eigenvalue weighted by molar-refractivity contribution is -0.113. The number of carbonyl (C=O) groups is 1. The van der Waals surface area contributed by atoms with Gasteiger partial charge in [-0.05, 0) is 38.1 Å². The zero-order valence-electron chi connectivity index (χ0n) is 13.9. The molecule has 0 fully saturated rings. The Labute approximate surface area is 157 Å². The Kier molecular flexibility index (Phi) is 5.14. The van der Waals surface area contributed by atoms with Gasteiger partial charge in [-0.15, -0.1) is 10.2 Å². The van der Waals surface area contributed by atoms with Gasteiger partial charge < -0.3 is 11.2 Å². The van der Waals surface area contributed by atoms with E-state index in [4.69, 9.17) is 17.4 Å². The van der Waals surface area contributed by atoms with E-state index < -0.39 is 11.7 Å². The van der Waals surface area contributed by atoms with Gasteiger partial charge in [0.2, 0.25) is 11.1 Å². The molecule has 8 nitrogen and oxygen atoms in total. The summed E-state index contributed by atoms with van der Waals surface area (Å²) < 4.78 is 16.5. The fourth-order valence-corrected chi connectivity index (χ4v) is 3.08. The fraction of sp³-hybridized carbons (Fsp3) is 0.200. The molecule has 0 saturated heterocycles. The van der Waals surface area contributed by atoms with Gasteiger partial charge in [0, 0.05) is 10.7 Å². The summed E-state index contributed by atoms with van der Waals surface area (Å²) >= 11 is 6.87. The third-order valence-electron chi connectivity index (χ3n) is 3.38. The number of thioether (sulfide) groups is 1. The van der Waals surface area contributed by atoms with Gasteiger partial charge >= 0.3 is 0 Å². The molecule has 0 spiro atoms. The van der Waals surface area contributed by atoms with Crippen LogP contribution < -0.4 is 11.2 Å². The van der Waals surface area contributed by atoms with Crippen LogP contribution in [0.15, 0.2) is 29.4 Å². The quantitative estimate of drug-likeness (QED) is 0.507. The van der Waals surface area contributed by atoms with Gasteiger partial charge in [0.15, 0.2) is 0 Å². The van der Waals surface area contributed by atoms with Crippen molar-refractivity contribution in [2.24, 2.45) is 0 Å². The monoisotopic (exact) mass is 395 g/mol. The molecule has 11 heteroatoms. The van der Waals surface area contributed by atoms with Crippen molar-refractivity contribution < 1.29 is 9.18 Å². The molecule has 3 aromatic rings. The highest BCUT2D eigenvalue weighted by Crippen LogP contribution is 2.21. The number of nitrogen functional groups attached to an aromatic ring is 1. The van der Waals surface area contributed by atoms with Gasteiger partial charge in [-0.3, -0.25) is 4.79 Å². The number of carbonyl (C=O) groups excluding carboxylic acids is 1. The predicted molar refractivity (Wildman–Crippen MR) is 97.5 cm³/mol. The van der Waals surface area contributed by atoms with Gasteiger partial charge in [0.25, 0.3) is 5.95 Å². The first-order valence-electron chi connectivity index (χ1n) is 7.47. The molecule has 1 amide bonds. The lowest BCUT2D eigenvalue weighted by Crippen LogP contribution is -2.19. The molecule has 2 aromatic heterocycles. The highest BCUT2D eigenvalue weighted by atomic mass is 35.5. The van der Waals surface area contributed by atoms with Crippen molar-refractivity contribution in [2.45, 2.75) is 19.0 Å². The molecule has 0 aliphatic heterocycles. The Bertz CT molecular complexity index is 971. The molecule has 2 heterocycles. The van der Waals surface area contributed by atoms with Crippen LogP contribution in [0, 0.1) is 19.7 Å². The van der Waals surface area contributed by atoms with Crippen LogP contribution in [-0.2, 0) is 4.79 Å². The number of aromatic nitrogens is 5. The summed E-state index contributed by atoms with van der Waals surface area (Å²) in [5, 5.41) is 15.4. The second kappa shape index (κ2) is 7.34. The second-order valence-electron chi connectivity index (χ2n) is 5.45. The van der Waals surface area contributed by atoms with E-state index in [9.17, 15) is 9.18 Å². The van der Waals surface area contributed by atoms with Crippen molar-refractivity contribution in [1.82, 2.24) is 24.7 Å². The van der Waals surface area contributed by atoms with Gasteiger partial charge in [0.1, 0.15) is 5.82 Å². The molecule has 0 saturated carbocycles. The third kappa shape index (κ3) is 3.81. The number of nitrogens with zero attached hydrogens (tertiary/aromatic N) is 5.